The highest BCUT2D eigenvalue weighted by molar-refractivity contribution is 5.98. The number of H-pyrrole nitrogens is 1. The topological polar surface area (TPSA) is 45.3 Å². The van der Waals surface area contributed by atoms with Crippen LogP contribution >= 0.6 is 0 Å². The molecule has 0 aliphatic carbocycles. The zero-order valence-electron chi connectivity index (χ0n) is 14.9. The molecule has 4 rings (SSSR count). The minimum absolute atomic E-state index is 0.0308. The molecule has 0 atom stereocenters. The van der Waals surface area contributed by atoms with E-state index in [1.54, 1.807) is 0 Å². The van der Waals surface area contributed by atoms with Crippen LogP contribution in [0.15, 0.2) is 60.8 Å². The maximum absolute atomic E-state index is 12.9. The van der Waals surface area contributed by atoms with Crippen molar-refractivity contribution in [2.45, 2.75) is 13.3 Å². The summed E-state index contributed by atoms with van der Waals surface area (Å²) in [5.74, 6) is 0.690. The van der Waals surface area contributed by atoms with E-state index in [9.17, 15) is 4.79 Å². The summed E-state index contributed by atoms with van der Waals surface area (Å²) in [6.45, 7) is 3.81. The van der Waals surface area contributed by atoms with Crippen molar-refractivity contribution >= 4 is 22.4 Å². The standard InChI is InChI=1S/C22H22N2O2/c1-2-26-21-10-6-4-8-18(21)22(25)24-13-11-16(12-14-24)19-15-23-20-9-5-3-7-17(19)20/h3-11,15,23H,2,12-14H2,1H3. The Balaban J connectivity index is 1.55. The second kappa shape index (κ2) is 7.08. The predicted octanol–water partition coefficient (Wildman–Crippen LogP) is 4.50. The Labute approximate surface area is 153 Å². The number of aromatic amines is 1. The van der Waals surface area contributed by atoms with E-state index in [-0.39, 0.29) is 5.91 Å². The Kier molecular flexibility index (Phi) is 4.48. The Morgan fingerprint density at radius 1 is 1.15 bits per heavy atom. The molecule has 1 N–H and O–H groups in total. The number of hydrogen-bond donors (Lipinski definition) is 1. The van der Waals surface area contributed by atoms with E-state index in [1.165, 1.54) is 16.5 Å². The number of benzene rings is 2. The van der Waals surface area contributed by atoms with Crippen LogP contribution in [0.2, 0.25) is 0 Å². The van der Waals surface area contributed by atoms with Gasteiger partial charge in [0.2, 0.25) is 0 Å². The van der Waals surface area contributed by atoms with E-state index < -0.39 is 0 Å². The van der Waals surface area contributed by atoms with Gasteiger partial charge >= 0.3 is 0 Å². The highest BCUT2D eigenvalue weighted by Gasteiger charge is 2.22. The second-order valence-electron chi connectivity index (χ2n) is 6.41. The SMILES string of the molecule is CCOc1ccccc1C(=O)N1CC=C(c2c[nH]c3ccccc23)CC1. The van der Waals surface area contributed by atoms with Crippen molar-refractivity contribution in [1.82, 2.24) is 9.88 Å². The summed E-state index contributed by atoms with van der Waals surface area (Å²) in [5.41, 5.74) is 4.32. The predicted molar refractivity (Wildman–Crippen MR) is 104 cm³/mol. The van der Waals surface area contributed by atoms with Crippen molar-refractivity contribution in [3.63, 3.8) is 0 Å². The maximum atomic E-state index is 12.9. The molecule has 2 heterocycles. The molecule has 0 radical (unpaired) electrons. The van der Waals surface area contributed by atoms with Crippen molar-refractivity contribution in [3.8, 4) is 5.75 Å². The van der Waals surface area contributed by atoms with Crippen LogP contribution in [-0.2, 0) is 0 Å². The molecule has 1 aliphatic rings. The summed E-state index contributed by atoms with van der Waals surface area (Å²) in [5, 5.41) is 1.24. The van der Waals surface area contributed by atoms with Gasteiger partial charge in [-0.15, -0.1) is 0 Å². The van der Waals surface area contributed by atoms with E-state index in [2.05, 4.69) is 35.5 Å². The fourth-order valence-corrected chi connectivity index (χ4v) is 3.53. The van der Waals surface area contributed by atoms with Gasteiger partial charge in [0.25, 0.3) is 5.91 Å². The normalized spacial score (nSPS) is 14.3. The lowest BCUT2D eigenvalue weighted by molar-refractivity contribution is 0.0768. The van der Waals surface area contributed by atoms with E-state index >= 15 is 0 Å². The number of amides is 1. The van der Waals surface area contributed by atoms with Crippen molar-refractivity contribution in [2.75, 3.05) is 19.7 Å². The van der Waals surface area contributed by atoms with Crippen LogP contribution in [0.1, 0.15) is 29.3 Å². The van der Waals surface area contributed by atoms with Gasteiger partial charge in [-0.1, -0.05) is 36.4 Å². The van der Waals surface area contributed by atoms with Crippen LogP contribution in [0.4, 0.5) is 0 Å². The highest BCUT2D eigenvalue weighted by Crippen LogP contribution is 2.30. The van der Waals surface area contributed by atoms with E-state index in [0.29, 0.717) is 31.0 Å². The molecule has 1 aliphatic heterocycles. The van der Waals surface area contributed by atoms with Crippen molar-refractivity contribution in [3.05, 3.63) is 71.9 Å². The summed E-state index contributed by atoms with van der Waals surface area (Å²) in [6, 6.07) is 15.8. The molecule has 0 bridgehead atoms. The van der Waals surface area contributed by atoms with Gasteiger partial charge in [-0.25, -0.2) is 0 Å². The molecule has 0 unspecified atom stereocenters. The summed E-state index contributed by atoms with van der Waals surface area (Å²) < 4.78 is 5.61. The lowest BCUT2D eigenvalue weighted by Crippen LogP contribution is -2.34. The first-order valence-corrected chi connectivity index (χ1v) is 9.04. The fraction of sp³-hybridized carbons (Fsp3) is 0.227. The third-order valence-corrected chi connectivity index (χ3v) is 4.85. The Morgan fingerprint density at radius 3 is 2.77 bits per heavy atom. The third kappa shape index (κ3) is 2.99. The molecular weight excluding hydrogens is 324 g/mol. The Bertz CT molecular complexity index is 971. The molecule has 0 fully saturated rings. The van der Waals surface area contributed by atoms with E-state index in [0.717, 1.165) is 11.9 Å². The number of hydrogen-bond acceptors (Lipinski definition) is 2. The lowest BCUT2D eigenvalue weighted by Gasteiger charge is -2.27. The van der Waals surface area contributed by atoms with Gasteiger partial charge in [-0.05, 0) is 37.1 Å². The lowest BCUT2D eigenvalue weighted by atomic mass is 9.98. The fourth-order valence-electron chi connectivity index (χ4n) is 3.53. The number of carbonyl (C=O) groups excluding carboxylic acids is 1. The smallest absolute Gasteiger partial charge is 0.257 e. The highest BCUT2D eigenvalue weighted by atomic mass is 16.5. The van der Waals surface area contributed by atoms with Crippen molar-refractivity contribution in [2.24, 2.45) is 0 Å². The van der Waals surface area contributed by atoms with Gasteiger partial charge in [0.05, 0.1) is 12.2 Å². The summed E-state index contributed by atoms with van der Waals surface area (Å²) in [4.78, 5) is 18.1. The quantitative estimate of drug-likeness (QED) is 0.756. The number of rotatable bonds is 4. The zero-order chi connectivity index (χ0) is 17.9. The summed E-state index contributed by atoms with van der Waals surface area (Å²) in [6.07, 6.45) is 5.09. The molecule has 26 heavy (non-hydrogen) atoms. The van der Waals surface area contributed by atoms with Gasteiger partial charge in [0.15, 0.2) is 0 Å². The Hall–Kier alpha value is -3.01. The number of ether oxygens (including phenoxy) is 1. The largest absolute Gasteiger partial charge is 0.493 e. The van der Waals surface area contributed by atoms with Crippen LogP contribution in [-0.4, -0.2) is 35.5 Å². The molecule has 2 aromatic carbocycles. The first-order chi connectivity index (χ1) is 12.8. The number of fused-ring (bicyclic) bond motifs is 1. The molecule has 0 saturated carbocycles. The van der Waals surface area contributed by atoms with Crippen LogP contribution in [0, 0.1) is 0 Å². The third-order valence-electron chi connectivity index (χ3n) is 4.85. The number of nitrogens with one attached hydrogen (secondary N) is 1. The minimum atomic E-state index is 0.0308. The van der Waals surface area contributed by atoms with E-state index in [1.807, 2.05) is 42.2 Å². The minimum Gasteiger partial charge on any atom is -0.493 e. The molecule has 3 aromatic rings. The van der Waals surface area contributed by atoms with Crippen LogP contribution in [0.5, 0.6) is 5.75 Å². The first kappa shape index (κ1) is 16.5. The number of carbonyl (C=O) groups is 1. The molecule has 0 spiro atoms. The molecule has 1 amide bonds. The number of para-hydroxylation sites is 2. The molecule has 0 saturated heterocycles. The monoisotopic (exact) mass is 346 g/mol. The average Bonchev–Trinajstić information content (AvgIpc) is 3.12. The molecule has 1 aromatic heterocycles. The van der Waals surface area contributed by atoms with E-state index in [4.69, 9.17) is 4.74 Å². The molecular formula is C22H22N2O2. The van der Waals surface area contributed by atoms with Crippen molar-refractivity contribution in [1.29, 1.82) is 0 Å². The Morgan fingerprint density at radius 2 is 1.96 bits per heavy atom. The van der Waals surface area contributed by atoms with Crippen LogP contribution < -0.4 is 4.74 Å². The average molecular weight is 346 g/mol. The number of nitrogens with zero attached hydrogens (tertiary/aromatic N) is 1. The summed E-state index contributed by atoms with van der Waals surface area (Å²) >= 11 is 0. The number of aromatic nitrogens is 1. The molecule has 4 heteroatoms. The zero-order valence-corrected chi connectivity index (χ0v) is 14.9. The van der Waals surface area contributed by atoms with Gasteiger partial charge in [0, 0.05) is 35.8 Å². The van der Waals surface area contributed by atoms with Crippen molar-refractivity contribution < 1.29 is 9.53 Å². The first-order valence-electron chi connectivity index (χ1n) is 9.04. The van der Waals surface area contributed by atoms with Gasteiger partial charge in [-0.2, -0.15) is 0 Å². The molecule has 132 valence electrons. The van der Waals surface area contributed by atoms with Gasteiger partial charge in [-0.3, -0.25) is 4.79 Å². The van der Waals surface area contributed by atoms with Crippen LogP contribution in [0.25, 0.3) is 16.5 Å². The molecule has 4 nitrogen and oxygen atoms in total. The maximum Gasteiger partial charge on any atom is 0.257 e. The van der Waals surface area contributed by atoms with Crippen LogP contribution in [0.3, 0.4) is 0 Å². The second-order valence-corrected chi connectivity index (χ2v) is 6.41. The van der Waals surface area contributed by atoms with Gasteiger partial charge in [0.1, 0.15) is 5.75 Å². The summed E-state index contributed by atoms with van der Waals surface area (Å²) in [7, 11) is 0. The van der Waals surface area contributed by atoms with Gasteiger partial charge < -0.3 is 14.6 Å².